The van der Waals surface area contributed by atoms with Crippen molar-refractivity contribution in [3.05, 3.63) is 57.4 Å². The standard InChI is InChI=1S/C16H16BrClN2O2/c17-15-5-4-14(22-15)16(21)20-8-6-19(7-9-20)11-12-2-1-3-13(18)10-12/h1-5,10H,6-9,11H2. The number of amides is 1. The SMILES string of the molecule is O=C(c1ccc(Br)o1)N1CCN(Cc2cccc(Cl)c2)CC1. The molecule has 0 bridgehead atoms. The van der Waals surface area contributed by atoms with Crippen molar-refractivity contribution in [3.63, 3.8) is 0 Å². The van der Waals surface area contributed by atoms with Crippen LogP contribution in [0.1, 0.15) is 16.1 Å². The van der Waals surface area contributed by atoms with Crippen molar-refractivity contribution < 1.29 is 9.21 Å². The summed E-state index contributed by atoms with van der Waals surface area (Å²) in [5.74, 6) is 0.336. The molecule has 4 nitrogen and oxygen atoms in total. The molecule has 2 heterocycles. The second-order valence-corrected chi connectivity index (χ2v) is 6.52. The van der Waals surface area contributed by atoms with E-state index in [0.717, 1.165) is 24.7 Å². The van der Waals surface area contributed by atoms with Gasteiger partial charge in [-0.2, -0.15) is 0 Å². The van der Waals surface area contributed by atoms with E-state index in [-0.39, 0.29) is 5.91 Å². The molecule has 1 aliphatic heterocycles. The predicted molar refractivity (Wildman–Crippen MR) is 89.0 cm³/mol. The molecule has 0 saturated carbocycles. The molecular formula is C16H16BrClN2O2. The zero-order chi connectivity index (χ0) is 15.5. The molecule has 1 fully saturated rings. The van der Waals surface area contributed by atoms with Gasteiger partial charge in [-0.15, -0.1) is 0 Å². The molecule has 0 aliphatic carbocycles. The molecule has 1 aromatic carbocycles. The molecule has 3 rings (SSSR count). The van der Waals surface area contributed by atoms with Crippen LogP contribution in [0.25, 0.3) is 0 Å². The van der Waals surface area contributed by atoms with Crippen LogP contribution in [0.15, 0.2) is 45.5 Å². The van der Waals surface area contributed by atoms with Gasteiger partial charge in [0.25, 0.3) is 5.91 Å². The van der Waals surface area contributed by atoms with Crippen LogP contribution in [0.5, 0.6) is 0 Å². The summed E-state index contributed by atoms with van der Waals surface area (Å²) < 4.78 is 5.91. The molecule has 22 heavy (non-hydrogen) atoms. The number of halogens is 2. The largest absolute Gasteiger partial charge is 0.444 e. The van der Waals surface area contributed by atoms with Crippen molar-refractivity contribution in [2.75, 3.05) is 26.2 Å². The van der Waals surface area contributed by atoms with E-state index in [0.29, 0.717) is 23.5 Å². The fourth-order valence-corrected chi connectivity index (χ4v) is 3.11. The Hall–Kier alpha value is -1.30. The van der Waals surface area contributed by atoms with E-state index >= 15 is 0 Å². The minimum atomic E-state index is -0.0481. The van der Waals surface area contributed by atoms with Crippen LogP contribution in [0.3, 0.4) is 0 Å². The highest BCUT2D eigenvalue weighted by atomic mass is 79.9. The maximum absolute atomic E-state index is 12.3. The minimum absolute atomic E-state index is 0.0481. The first-order valence-electron chi connectivity index (χ1n) is 7.13. The zero-order valence-electron chi connectivity index (χ0n) is 12.0. The van der Waals surface area contributed by atoms with Gasteiger partial charge in [-0.05, 0) is 45.8 Å². The van der Waals surface area contributed by atoms with Crippen molar-refractivity contribution in [1.82, 2.24) is 9.80 Å². The van der Waals surface area contributed by atoms with Crippen LogP contribution < -0.4 is 0 Å². The van der Waals surface area contributed by atoms with Crippen LogP contribution in [0.4, 0.5) is 0 Å². The predicted octanol–water partition coefficient (Wildman–Crippen LogP) is 3.65. The van der Waals surface area contributed by atoms with E-state index in [9.17, 15) is 4.79 Å². The molecule has 1 amide bonds. The van der Waals surface area contributed by atoms with Gasteiger partial charge in [-0.1, -0.05) is 23.7 Å². The van der Waals surface area contributed by atoms with Crippen molar-refractivity contribution >= 4 is 33.4 Å². The summed E-state index contributed by atoms with van der Waals surface area (Å²) in [6.07, 6.45) is 0. The van der Waals surface area contributed by atoms with Gasteiger partial charge in [0.15, 0.2) is 10.4 Å². The van der Waals surface area contributed by atoms with Gasteiger partial charge < -0.3 is 9.32 Å². The molecule has 6 heteroatoms. The first-order valence-corrected chi connectivity index (χ1v) is 8.30. The molecule has 1 saturated heterocycles. The van der Waals surface area contributed by atoms with Crippen LogP contribution >= 0.6 is 27.5 Å². The number of nitrogens with zero attached hydrogens (tertiary/aromatic N) is 2. The van der Waals surface area contributed by atoms with E-state index in [1.54, 1.807) is 12.1 Å². The van der Waals surface area contributed by atoms with Gasteiger partial charge in [-0.25, -0.2) is 0 Å². The highest BCUT2D eigenvalue weighted by Crippen LogP contribution is 2.18. The monoisotopic (exact) mass is 382 g/mol. The third-order valence-corrected chi connectivity index (χ3v) is 4.40. The van der Waals surface area contributed by atoms with E-state index in [1.165, 1.54) is 5.56 Å². The first-order chi connectivity index (χ1) is 10.6. The summed E-state index contributed by atoms with van der Waals surface area (Å²) >= 11 is 9.23. The minimum Gasteiger partial charge on any atom is -0.444 e. The van der Waals surface area contributed by atoms with Crippen LogP contribution in [0, 0.1) is 0 Å². The van der Waals surface area contributed by atoms with Gasteiger partial charge in [0.1, 0.15) is 0 Å². The Morgan fingerprint density at radius 2 is 1.95 bits per heavy atom. The number of furan rings is 1. The number of benzene rings is 1. The first kappa shape index (κ1) is 15.6. The normalized spacial score (nSPS) is 16.0. The number of rotatable bonds is 3. The average Bonchev–Trinajstić information content (AvgIpc) is 2.94. The van der Waals surface area contributed by atoms with Crippen molar-refractivity contribution in [3.8, 4) is 0 Å². The molecule has 1 aliphatic rings. The summed E-state index contributed by atoms with van der Waals surface area (Å²) in [5, 5.41) is 0.759. The Morgan fingerprint density at radius 3 is 2.59 bits per heavy atom. The third kappa shape index (κ3) is 3.72. The number of carbonyl (C=O) groups is 1. The Bertz CT molecular complexity index is 666. The number of carbonyl (C=O) groups excluding carboxylic acids is 1. The van der Waals surface area contributed by atoms with Crippen molar-refractivity contribution in [1.29, 1.82) is 0 Å². The van der Waals surface area contributed by atoms with Gasteiger partial charge in [-0.3, -0.25) is 9.69 Å². The second kappa shape index (κ2) is 6.86. The summed E-state index contributed by atoms with van der Waals surface area (Å²) in [6, 6.07) is 11.3. The Kier molecular flexibility index (Phi) is 4.86. The second-order valence-electron chi connectivity index (χ2n) is 5.30. The highest BCUT2D eigenvalue weighted by molar-refractivity contribution is 9.10. The molecule has 2 aromatic rings. The van der Waals surface area contributed by atoms with E-state index in [1.807, 2.05) is 23.1 Å². The molecule has 0 radical (unpaired) electrons. The zero-order valence-corrected chi connectivity index (χ0v) is 14.3. The number of hydrogen-bond acceptors (Lipinski definition) is 3. The van der Waals surface area contributed by atoms with Crippen LogP contribution in [0.2, 0.25) is 5.02 Å². The molecule has 1 aromatic heterocycles. The Labute approximate surface area is 142 Å². The van der Waals surface area contributed by atoms with Gasteiger partial charge in [0.05, 0.1) is 0 Å². The van der Waals surface area contributed by atoms with Crippen molar-refractivity contribution in [2.45, 2.75) is 6.54 Å². The van der Waals surface area contributed by atoms with Crippen LogP contribution in [-0.4, -0.2) is 41.9 Å². The number of hydrogen-bond donors (Lipinski definition) is 0. The number of piperazine rings is 1. The Balaban J connectivity index is 1.55. The summed E-state index contributed by atoms with van der Waals surface area (Å²) in [4.78, 5) is 16.5. The fourth-order valence-electron chi connectivity index (χ4n) is 2.59. The lowest BCUT2D eigenvalue weighted by molar-refractivity contribution is 0.0596. The lowest BCUT2D eigenvalue weighted by Crippen LogP contribution is -2.48. The van der Waals surface area contributed by atoms with Gasteiger partial charge in [0, 0.05) is 37.7 Å². The average molecular weight is 384 g/mol. The van der Waals surface area contributed by atoms with E-state index in [2.05, 4.69) is 26.9 Å². The fraction of sp³-hybridized carbons (Fsp3) is 0.312. The molecule has 0 unspecified atom stereocenters. The lowest BCUT2D eigenvalue weighted by Gasteiger charge is -2.34. The molecule has 0 N–H and O–H groups in total. The Morgan fingerprint density at radius 1 is 1.18 bits per heavy atom. The van der Waals surface area contributed by atoms with Gasteiger partial charge >= 0.3 is 0 Å². The summed E-state index contributed by atoms with van der Waals surface area (Å²) in [7, 11) is 0. The maximum Gasteiger partial charge on any atom is 0.289 e. The molecular weight excluding hydrogens is 368 g/mol. The topological polar surface area (TPSA) is 36.7 Å². The molecule has 0 atom stereocenters. The van der Waals surface area contributed by atoms with E-state index in [4.69, 9.17) is 16.0 Å². The van der Waals surface area contributed by atoms with Crippen molar-refractivity contribution in [2.24, 2.45) is 0 Å². The van der Waals surface area contributed by atoms with E-state index < -0.39 is 0 Å². The summed E-state index contributed by atoms with van der Waals surface area (Å²) in [5.41, 5.74) is 1.20. The smallest absolute Gasteiger partial charge is 0.289 e. The van der Waals surface area contributed by atoms with Crippen LogP contribution in [-0.2, 0) is 6.54 Å². The third-order valence-electron chi connectivity index (χ3n) is 3.74. The summed E-state index contributed by atoms with van der Waals surface area (Å²) in [6.45, 7) is 3.96. The lowest BCUT2D eigenvalue weighted by atomic mass is 10.2. The molecule has 0 spiro atoms. The highest BCUT2D eigenvalue weighted by Gasteiger charge is 2.24. The maximum atomic E-state index is 12.3. The van der Waals surface area contributed by atoms with Gasteiger partial charge in [0.2, 0.25) is 0 Å². The quantitative estimate of drug-likeness (QED) is 0.812. The molecule has 116 valence electrons.